The summed E-state index contributed by atoms with van der Waals surface area (Å²) in [7, 11) is 1.68. The Morgan fingerprint density at radius 3 is 2.67 bits per heavy atom. The molecule has 0 aliphatic carbocycles. The summed E-state index contributed by atoms with van der Waals surface area (Å²) >= 11 is 5.77. The number of pyridine rings is 1. The lowest BCUT2D eigenvalue weighted by atomic mass is 10.2. The van der Waals surface area contributed by atoms with Crippen molar-refractivity contribution in [2.45, 2.75) is 6.92 Å². The molecule has 0 atom stereocenters. The molecule has 1 aromatic heterocycles. The third-order valence-electron chi connectivity index (χ3n) is 2.10. The first-order valence-corrected chi connectivity index (χ1v) is 5.84. The van der Waals surface area contributed by atoms with Crippen LogP contribution < -0.4 is 16.0 Å². The molecule has 1 aromatic rings. The summed E-state index contributed by atoms with van der Waals surface area (Å²) in [4.78, 5) is 26.9. The SMILES string of the molecule is CCNC(=O)CNC(=O)c1cc(Cl)nc(NC)c1. The molecule has 1 rings (SSSR count). The van der Waals surface area contributed by atoms with Crippen LogP contribution in [0.1, 0.15) is 17.3 Å². The second-order valence-corrected chi connectivity index (χ2v) is 3.84. The molecule has 6 nitrogen and oxygen atoms in total. The molecule has 18 heavy (non-hydrogen) atoms. The fourth-order valence-electron chi connectivity index (χ4n) is 1.28. The van der Waals surface area contributed by atoms with Crippen LogP contribution in [0.4, 0.5) is 5.82 Å². The van der Waals surface area contributed by atoms with Crippen molar-refractivity contribution in [1.29, 1.82) is 0 Å². The van der Waals surface area contributed by atoms with Crippen LogP contribution in [0.2, 0.25) is 5.15 Å². The number of rotatable bonds is 5. The Bertz CT molecular complexity index is 451. The van der Waals surface area contributed by atoms with E-state index in [0.29, 0.717) is 17.9 Å². The summed E-state index contributed by atoms with van der Waals surface area (Å²) in [5, 5.41) is 8.09. The Balaban J connectivity index is 2.66. The standard InChI is InChI=1S/C11H15ClN4O2/c1-3-14-10(17)6-15-11(18)7-4-8(12)16-9(5-7)13-2/h4-5H,3,6H2,1-2H3,(H,13,16)(H,14,17)(H,15,18). The number of anilines is 1. The van der Waals surface area contributed by atoms with Gasteiger partial charge in [0.15, 0.2) is 0 Å². The number of nitrogens with zero attached hydrogens (tertiary/aromatic N) is 1. The zero-order valence-electron chi connectivity index (χ0n) is 10.2. The van der Waals surface area contributed by atoms with Crippen molar-refractivity contribution in [3.63, 3.8) is 0 Å². The van der Waals surface area contributed by atoms with E-state index in [1.165, 1.54) is 6.07 Å². The first-order chi connectivity index (χ1) is 8.56. The quantitative estimate of drug-likeness (QED) is 0.686. The smallest absolute Gasteiger partial charge is 0.251 e. The molecule has 7 heteroatoms. The van der Waals surface area contributed by atoms with Gasteiger partial charge in [0.2, 0.25) is 5.91 Å². The molecule has 0 spiro atoms. The zero-order chi connectivity index (χ0) is 13.5. The fourth-order valence-corrected chi connectivity index (χ4v) is 1.49. The van der Waals surface area contributed by atoms with Crippen molar-refractivity contribution in [2.24, 2.45) is 0 Å². The summed E-state index contributed by atoms with van der Waals surface area (Å²) < 4.78 is 0. The van der Waals surface area contributed by atoms with Crippen molar-refractivity contribution in [3.05, 3.63) is 22.8 Å². The Morgan fingerprint density at radius 2 is 2.06 bits per heavy atom. The van der Waals surface area contributed by atoms with Crippen LogP contribution in [0.3, 0.4) is 0 Å². The van der Waals surface area contributed by atoms with Gasteiger partial charge in [-0.05, 0) is 19.1 Å². The highest BCUT2D eigenvalue weighted by molar-refractivity contribution is 6.29. The molecule has 0 bridgehead atoms. The molecule has 0 radical (unpaired) electrons. The van der Waals surface area contributed by atoms with Gasteiger partial charge in [0, 0.05) is 19.2 Å². The van der Waals surface area contributed by atoms with Crippen molar-refractivity contribution in [3.8, 4) is 0 Å². The number of halogens is 1. The van der Waals surface area contributed by atoms with Crippen LogP contribution in [0.5, 0.6) is 0 Å². The summed E-state index contributed by atoms with van der Waals surface area (Å²) in [5.74, 6) is -0.118. The van der Waals surface area contributed by atoms with E-state index < -0.39 is 0 Å². The third-order valence-corrected chi connectivity index (χ3v) is 2.29. The lowest BCUT2D eigenvalue weighted by Crippen LogP contribution is -2.36. The minimum Gasteiger partial charge on any atom is -0.373 e. The zero-order valence-corrected chi connectivity index (χ0v) is 11.0. The second-order valence-electron chi connectivity index (χ2n) is 3.45. The van der Waals surface area contributed by atoms with E-state index in [4.69, 9.17) is 11.6 Å². The number of likely N-dealkylation sites (N-methyl/N-ethyl adjacent to an activating group) is 1. The van der Waals surface area contributed by atoms with Gasteiger partial charge in [0.25, 0.3) is 5.91 Å². The number of carbonyl (C=O) groups excluding carboxylic acids is 2. The predicted octanol–water partition coefficient (Wildman–Crippen LogP) is 0.643. The van der Waals surface area contributed by atoms with Crippen molar-refractivity contribution in [1.82, 2.24) is 15.6 Å². The van der Waals surface area contributed by atoms with Gasteiger partial charge in [0.1, 0.15) is 11.0 Å². The first kappa shape index (κ1) is 14.2. The summed E-state index contributed by atoms with van der Waals surface area (Å²) in [6, 6.07) is 2.99. The van der Waals surface area contributed by atoms with Crippen LogP contribution in [0.25, 0.3) is 0 Å². The number of amides is 2. The Hall–Kier alpha value is -1.82. The van der Waals surface area contributed by atoms with Crippen molar-refractivity contribution < 1.29 is 9.59 Å². The topological polar surface area (TPSA) is 83.1 Å². The molecule has 1 heterocycles. The van der Waals surface area contributed by atoms with Crippen LogP contribution in [0.15, 0.2) is 12.1 Å². The van der Waals surface area contributed by atoms with E-state index in [1.807, 2.05) is 6.92 Å². The molecule has 0 unspecified atom stereocenters. The van der Waals surface area contributed by atoms with Gasteiger partial charge in [-0.15, -0.1) is 0 Å². The number of carbonyl (C=O) groups is 2. The molecule has 0 fully saturated rings. The fraction of sp³-hybridized carbons (Fsp3) is 0.364. The van der Waals surface area contributed by atoms with E-state index in [9.17, 15) is 9.59 Å². The van der Waals surface area contributed by atoms with Gasteiger partial charge in [-0.1, -0.05) is 11.6 Å². The molecular weight excluding hydrogens is 256 g/mol. The van der Waals surface area contributed by atoms with Crippen LogP contribution in [0, 0.1) is 0 Å². The lowest BCUT2D eigenvalue weighted by Gasteiger charge is -2.07. The summed E-state index contributed by atoms with van der Waals surface area (Å²) in [5.41, 5.74) is 0.351. The van der Waals surface area contributed by atoms with Gasteiger partial charge in [-0.3, -0.25) is 9.59 Å². The highest BCUT2D eigenvalue weighted by atomic mass is 35.5. The maximum atomic E-state index is 11.8. The van der Waals surface area contributed by atoms with Gasteiger partial charge in [-0.25, -0.2) is 4.98 Å². The molecule has 0 saturated heterocycles. The van der Waals surface area contributed by atoms with Crippen molar-refractivity contribution in [2.75, 3.05) is 25.5 Å². The average molecular weight is 271 g/mol. The predicted molar refractivity (Wildman–Crippen MR) is 69.8 cm³/mol. The molecule has 98 valence electrons. The third kappa shape index (κ3) is 4.21. The number of aromatic nitrogens is 1. The number of nitrogens with one attached hydrogen (secondary N) is 3. The van der Waals surface area contributed by atoms with E-state index in [2.05, 4.69) is 20.9 Å². The van der Waals surface area contributed by atoms with E-state index >= 15 is 0 Å². The van der Waals surface area contributed by atoms with Crippen LogP contribution in [-0.2, 0) is 4.79 Å². The maximum Gasteiger partial charge on any atom is 0.251 e. The average Bonchev–Trinajstić information content (AvgIpc) is 2.35. The Morgan fingerprint density at radius 1 is 1.33 bits per heavy atom. The van der Waals surface area contributed by atoms with Crippen LogP contribution >= 0.6 is 11.6 Å². The summed E-state index contributed by atoms with van der Waals surface area (Å²) in [6.07, 6.45) is 0. The lowest BCUT2D eigenvalue weighted by molar-refractivity contribution is -0.120. The van der Waals surface area contributed by atoms with Gasteiger partial charge in [0.05, 0.1) is 6.54 Å². The van der Waals surface area contributed by atoms with E-state index in [1.54, 1.807) is 13.1 Å². The molecule has 0 saturated carbocycles. The number of hydrogen-bond donors (Lipinski definition) is 3. The number of hydrogen-bond acceptors (Lipinski definition) is 4. The van der Waals surface area contributed by atoms with Gasteiger partial charge >= 0.3 is 0 Å². The van der Waals surface area contributed by atoms with E-state index in [0.717, 1.165) is 0 Å². The molecule has 2 amide bonds. The van der Waals surface area contributed by atoms with Crippen molar-refractivity contribution >= 4 is 29.2 Å². The summed E-state index contributed by atoms with van der Waals surface area (Å²) in [6.45, 7) is 2.27. The van der Waals surface area contributed by atoms with E-state index in [-0.39, 0.29) is 23.5 Å². The van der Waals surface area contributed by atoms with Gasteiger partial charge < -0.3 is 16.0 Å². The minimum atomic E-state index is -0.373. The highest BCUT2D eigenvalue weighted by Crippen LogP contribution is 2.13. The minimum absolute atomic E-state index is 0.0680. The first-order valence-electron chi connectivity index (χ1n) is 5.47. The largest absolute Gasteiger partial charge is 0.373 e. The maximum absolute atomic E-state index is 11.8. The Kier molecular flexibility index (Phi) is 5.38. The second kappa shape index (κ2) is 6.80. The monoisotopic (exact) mass is 270 g/mol. The molecule has 3 N–H and O–H groups in total. The molecule has 0 aliphatic heterocycles. The highest BCUT2D eigenvalue weighted by Gasteiger charge is 2.10. The normalized spacial score (nSPS) is 9.72. The molecule has 0 aliphatic rings. The van der Waals surface area contributed by atoms with Gasteiger partial charge in [-0.2, -0.15) is 0 Å². The Labute approximate surface area is 110 Å². The van der Waals surface area contributed by atoms with Crippen LogP contribution in [-0.4, -0.2) is 36.9 Å². The molecular formula is C11H15ClN4O2. The molecule has 0 aromatic carbocycles.